The van der Waals surface area contributed by atoms with Crippen LogP contribution in [0.15, 0.2) is 84.0 Å². The molecule has 2 heterocycles. The van der Waals surface area contributed by atoms with Gasteiger partial charge in [0.2, 0.25) is 0 Å². The number of amides is 2. The lowest BCUT2D eigenvalue weighted by Gasteiger charge is -2.18. The third-order valence-corrected chi connectivity index (χ3v) is 5.71. The van der Waals surface area contributed by atoms with E-state index in [1.807, 2.05) is 67.8 Å². The molecule has 0 saturated carbocycles. The number of aliphatic imine (C=N–C) groups is 1. The van der Waals surface area contributed by atoms with Crippen LogP contribution in [-0.4, -0.2) is 23.0 Å². The van der Waals surface area contributed by atoms with Gasteiger partial charge in [0.1, 0.15) is 5.84 Å². The predicted octanol–water partition coefficient (Wildman–Crippen LogP) is 4.91. The molecule has 32 heavy (non-hydrogen) atoms. The van der Waals surface area contributed by atoms with Crippen LogP contribution in [0.4, 0.5) is 16.2 Å². The molecule has 1 aliphatic rings. The number of urea groups is 1. The molecule has 4 aromatic rings. The number of nitrogens with zero attached hydrogens (tertiary/aromatic N) is 2. The lowest BCUT2D eigenvalue weighted by atomic mass is 10.0. The highest BCUT2D eigenvalue weighted by molar-refractivity contribution is 6.01. The summed E-state index contributed by atoms with van der Waals surface area (Å²) in [6.45, 7) is 1.44. The van der Waals surface area contributed by atoms with Gasteiger partial charge in [0.05, 0.1) is 0 Å². The van der Waals surface area contributed by atoms with E-state index >= 15 is 0 Å². The Morgan fingerprint density at radius 1 is 0.969 bits per heavy atom. The van der Waals surface area contributed by atoms with Crippen molar-refractivity contribution < 1.29 is 4.79 Å². The fraction of sp³-hybridized carbons (Fsp3) is 0.154. The van der Waals surface area contributed by atoms with Crippen molar-refractivity contribution in [1.82, 2.24) is 9.88 Å². The van der Waals surface area contributed by atoms with Crippen molar-refractivity contribution in [2.24, 2.45) is 12.0 Å². The van der Waals surface area contributed by atoms with E-state index in [1.54, 1.807) is 0 Å². The van der Waals surface area contributed by atoms with Crippen LogP contribution in [0.5, 0.6) is 0 Å². The third kappa shape index (κ3) is 4.21. The normalized spacial score (nSPS) is 12.7. The van der Waals surface area contributed by atoms with Crippen molar-refractivity contribution in [2.75, 3.05) is 17.2 Å². The van der Waals surface area contributed by atoms with Gasteiger partial charge in [-0.15, -0.1) is 0 Å². The van der Waals surface area contributed by atoms with Gasteiger partial charge in [0.15, 0.2) is 0 Å². The Kier molecular flexibility index (Phi) is 5.34. The number of fused-ring (bicyclic) bond motifs is 2. The van der Waals surface area contributed by atoms with Gasteiger partial charge in [0, 0.05) is 54.2 Å². The maximum atomic E-state index is 12.5. The molecule has 0 aliphatic carbocycles. The molecule has 1 aliphatic heterocycles. The molecule has 3 aromatic carbocycles. The smallest absolute Gasteiger partial charge is 0.323 e. The molecule has 0 atom stereocenters. The van der Waals surface area contributed by atoms with Crippen LogP contribution in [0.3, 0.4) is 0 Å². The molecule has 0 spiro atoms. The van der Waals surface area contributed by atoms with Crippen molar-refractivity contribution in [3.63, 3.8) is 0 Å². The van der Waals surface area contributed by atoms with Crippen LogP contribution in [0.2, 0.25) is 0 Å². The van der Waals surface area contributed by atoms with E-state index in [0.29, 0.717) is 6.54 Å². The molecular weight excluding hydrogens is 398 g/mol. The average molecular weight is 424 g/mol. The number of carbonyl (C=O) groups is 1. The second-order valence-corrected chi connectivity index (χ2v) is 7.97. The SMILES string of the molecule is Cn1ccc2cc(NC(=O)Nc3cccc(CNC4=NCCc5ccccc54)c3)ccc21. The monoisotopic (exact) mass is 423 g/mol. The first kappa shape index (κ1) is 19.9. The van der Waals surface area contributed by atoms with E-state index in [0.717, 1.165) is 46.6 Å². The predicted molar refractivity (Wildman–Crippen MR) is 130 cm³/mol. The van der Waals surface area contributed by atoms with Crippen LogP contribution in [0, 0.1) is 0 Å². The maximum absolute atomic E-state index is 12.5. The van der Waals surface area contributed by atoms with Gasteiger partial charge in [-0.1, -0.05) is 36.4 Å². The largest absolute Gasteiger partial charge is 0.366 e. The Morgan fingerprint density at radius 3 is 2.72 bits per heavy atom. The van der Waals surface area contributed by atoms with Crippen LogP contribution in [0.25, 0.3) is 10.9 Å². The first-order valence-electron chi connectivity index (χ1n) is 10.7. The summed E-state index contributed by atoms with van der Waals surface area (Å²) in [5.41, 5.74) is 6.19. The lowest BCUT2D eigenvalue weighted by molar-refractivity contribution is 0.262. The summed E-state index contributed by atoms with van der Waals surface area (Å²) < 4.78 is 2.05. The molecule has 6 heteroatoms. The summed E-state index contributed by atoms with van der Waals surface area (Å²) in [4.78, 5) is 17.2. The number of benzene rings is 3. The first-order valence-corrected chi connectivity index (χ1v) is 10.7. The Labute approximate surface area is 187 Å². The van der Waals surface area contributed by atoms with E-state index in [1.165, 1.54) is 11.1 Å². The number of carbonyl (C=O) groups excluding carboxylic acids is 1. The summed E-state index contributed by atoms with van der Waals surface area (Å²) in [5.74, 6) is 0.930. The second-order valence-electron chi connectivity index (χ2n) is 7.97. The Balaban J connectivity index is 1.22. The number of aromatic nitrogens is 1. The molecule has 6 nitrogen and oxygen atoms in total. The van der Waals surface area contributed by atoms with Gasteiger partial charge in [-0.25, -0.2) is 4.79 Å². The molecule has 0 saturated heterocycles. The maximum Gasteiger partial charge on any atom is 0.323 e. The standard InChI is InChI=1S/C26H25N5O/c1-31-14-12-20-16-22(9-10-24(20)31)30-26(32)29-21-7-4-5-18(15-21)17-28-25-23-8-3-2-6-19(23)11-13-27-25/h2-10,12,14-16H,11,13,17H2,1H3,(H,27,28)(H2,29,30,32). The highest BCUT2D eigenvalue weighted by atomic mass is 16.2. The minimum atomic E-state index is -0.268. The first-order chi connectivity index (χ1) is 15.7. The second kappa shape index (κ2) is 8.59. The van der Waals surface area contributed by atoms with Crippen LogP contribution in [0.1, 0.15) is 16.7 Å². The zero-order valence-electron chi connectivity index (χ0n) is 17.9. The summed E-state index contributed by atoms with van der Waals surface area (Å²) >= 11 is 0. The average Bonchev–Trinajstić information content (AvgIpc) is 3.18. The lowest BCUT2D eigenvalue weighted by Crippen LogP contribution is -2.28. The van der Waals surface area contributed by atoms with E-state index in [-0.39, 0.29) is 6.03 Å². The minimum Gasteiger partial charge on any atom is -0.366 e. The Hall–Kier alpha value is -4.06. The van der Waals surface area contributed by atoms with Gasteiger partial charge in [-0.05, 0) is 53.9 Å². The van der Waals surface area contributed by atoms with E-state index in [2.05, 4.69) is 43.7 Å². The number of amidine groups is 1. The van der Waals surface area contributed by atoms with E-state index in [9.17, 15) is 4.79 Å². The van der Waals surface area contributed by atoms with Crippen molar-refractivity contribution in [3.05, 3.63) is 95.7 Å². The number of anilines is 2. The van der Waals surface area contributed by atoms with Gasteiger partial charge < -0.3 is 20.5 Å². The molecule has 5 rings (SSSR count). The number of nitrogens with one attached hydrogen (secondary N) is 3. The van der Waals surface area contributed by atoms with Crippen LogP contribution < -0.4 is 16.0 Å². The van der Waals surface area contributed by atoms with Crippen molar-refractivity contribution in [1.29, 1.82) is 0 Å². The quantitative estimate of drug-likeness (QED) is 0.436. The molecular formula is C26H25N5O. The van der Waals surface area contributed by atoms with Gasteiger partial charge >= 0.3 is 6.03 Å². The minimum absolute atomic E-state index is 0.268. The summed E-state index contributed by atoms with van der Waals surface area (Å²) in [7, 11) is 2.00. The summed E-state index contributed by atoms with van der Waals surface area (Å²) in [6, 6.07) is 23.9. The molecule has 160 valence electrons. The molecule has 0 bridgehead atoms. The van der Waals surface area contributed by atoms with Crippen molar-refractivity contribution in [2.45, 2.75) is 13.0 Å². The van der Waals surface area contributed by atoms with E-state index in [4.69, 9.17) is 0 Å². The van der Waals surface area contributed by atoms with Crippen molar-refractivity contribution >= 4 is 34.1 Å². The molecule has 3 N–H and O–H groups in total. The van der Waals surface area contributed by atoms with E-state index < -0.39 is 0 Å². The number of aryl methyl sites for hydroxylation is 1. The Bertz CT molecular complexity index is 1320. The summed E-state index contributed by atoms with van der Waals surface area (Å²) in [5, 5.41) is 10.4. The molecule has 0 radical (unpaired) electrons. The molecule has 0 fully saturated rings. The fourth-order valence-corrected chi connectivity index (χ4v) is 4.09. The van der Waals surface area contributed by atoms with Crippen LogP contribution >= 0.6 is 0 Å². The highest BCUT2D eigenvalue weighted by Gasteiger charge is 2.13. The molecule has 0 unspecified atom stereocenters. The number of hydrogen-bond donors (Lipinski definition) is 3. The zero-order valence-corrected chi connectivity index (χ0v) is 17.9. The zero-order chi connectivity index (χ0) is 21.9. The van der Waals surface area contributed by atoms with Gasteiger partial charge in [-0.3, -0.25) is 4.99 Å². The highest BCUT2D eigenvalue weighted by Crippen LogP contribution is 2.20. The Morgan fingerprint density at radius 2 is 1.81 bits per heavy atom. The van der Waals surface area contributed by atoms with Crippen molar-refractivity contribution in [3.8, 4) is 0 Å². The van der Waals surface area contributed by atoms with Gasteiger partial charge in [-0.2, -0.15) is 0 Å². The summed E-state index contributed by atoms with van der Waals surface area (Å²) in [6.07, 6.45) is 2.98. The molecule has 1 aromatic heterocycles. The third-order valence-electron chi connectivity index (χ3n) is 5.71. The fourth-order valence-electron chi connectivity index (χ4n) is 4.09. The van der Waals surface area contributed by atoms with Gasteiger partial charge in [0.25, 0.3) is 0 Å². The topological polar surface area (TPSA) is 70.5 Å². The molecule has 2 amide bonds. The number of hydrogen-bond acceptors (Lipinski definition) is 3. The number of rotatable bonds is 4. The van der Waals surface area contributed by atoms with Crippen LogP contribution in [-0.2, 0) is 20.0 Å².